The second kappa shape index (κ2) is 8.86. The van der Waals surface area contributed by atoms with Crippen LogP contribution in [-0.2, 0) is 6.42 Å². The lowest BCUT2D eigenvalue weighted by molar-refractivity contribution is 0.249. The second-order valence-electron chi connectivity index (χ2n) is 7.34. The van der Waals surface area contributed by atoms with Gasteiger partial charge in [0.05, 0.1) is 0 Å². The highest BCUT2D eigenvalue weighted by molar-refractivity contribution is 5.90. The average Bonchev–Trinajstić information content (AvgIpc) is 3.09. The van der Waals surface area contributed by atoms with Crippen LogP contribution in [0, 0.1) is 19.8 Å². The third-order valence-corrected chi connectivity index (χ3v) is 5.11. The van der Waals surface area contributed by atoms with E-state index in [-0.39, 0.29) is 6.03 Å². The Balaban J connectivity index is 1.38. The standard InChI is InChI=1S/C22H29N3O/c1-17-8-9-21(18(2)14-17)24-22(26)23-15-20-11-13-25(16-20)12-10-19-6-4-3-5-7-19/h3-9,14,20H,10-13,15-16H2,1-2H3,(H2,23,24,26)/t20-/m0/s1. The van der Waals surface area contributed by atoms with Gasteiger partial charge in [-0.1, -0.05) is 48.0 Å². The van der Waals surface area contributed by atoms with Gasteiger partial charge in [-0.15, -0.1) is 0 Å². The third-order valence-electron chi connectivity index (χ3n) is 5.11. The molecule has 2 N–H and O–H groups in total. The lowest BCUT2D eigenvalue weighted by Crippen LogP contribution is -2.34. The SMILES string of the molecule is Cc1ccc(NC(=O)NC[C@@H]2CCN(CCc3ccccc3)C2)c(C)c1. The van der Waals surface area contributed by atoms with Crippen LogP contribution in [0.2, 0.25) is 0 Å². The van der Waals surface area contributed by atoms with Crippen molar-refractivity contribution in [3.63, 3.8) is 0 Å². The van der Waals surface area contributed by atoms with Crippen molar-refractivity contribution in [2.75, 3.05) is 31.5 Å². The molecule has 1 atom stereocenters. The van der Waals surface area contributed by atoms with Crippen molar-refractivity contribution in [3.05, 3.63) is 65.2 Å². The number of urea groups is 1. The molecule has 0 bridgehead atoms. The zero-order valence-corrected chi connectivity index (χ0v) is 15.8. The zero-order chi connectivity index (χ0) is 18.4. The number of hydrogen-bond donors (Lipinski definition) is 2. The largest absolute Gasteiger partial charge is 0.338 e. The van der Waals surface area contributed by atoms with E-state index in [0.29, 0.717) is 5.92 Å². The second-order valence-corrected chi connectivity index (χ2v) is 7.34. The summed E-state index contributed by atoms with van der Waals surface area (Å²) in [5.41, 5.74) is 4.56. The number of aryl methyl sites for hydroxylation is 2. The summed E-state index contributed by atoms with van der Waals surface area (Å²) in [4.78, 5) is 14.7. The first-order valence-electron chi connectivity index (χ1n) is 9.48. The first-order valence-corrected chi connectivity index (χ1v) is 9.48. The maximum Gasteiger partial charge on any atom is 0.319 e. The van der Waals surface area contributed by atoms with Gasteiger partial charge in [0.15, 0.2) is 0 Å². The topological polar surface area (TPSA) is 44.4 Å². The molecule has 2 aromatic carbocycles. The first-order chi connectivity index (χ1) is 12.6. The van der Waals surface area contributed by atoms with Crippen molar-refractivity contribution >= 4 is 11.7 Å². The molecule has 3 rings (SSSR count). The van der Waals surface area contributed by atoms with Crippen molar-refractivity contribution in [3.8, 4) is 0 Å². The number of carbonyl (C=O) groups is 1. The molecule has 2 amide bonds. The summed E-state index contributed by atoms with van der Waals surface area (Å²) in [5.74, 6) is 0.538. The van der Waals surface area contributed by atoms with Crippen LogP contribution in [0.25, 0.3) is 0 Å². The lowest BCUT2D eigenvalue weighted by atomic mass is 10.1. The van der Waals surface area contributed by atoms with Crippen molar-refractivity contribution in [1.82, 2.24) is 10.2 Å². The van der Waals surface area contributed by atoms with Gasteiger partial charge in [-0.05, 0) is 56.3 Å². The Kier molecular flexibility index (Phi) is 6.29. The molecule has 138 valence electrons. The Labute approximate surface area is 156 Å². The molecule has 4 nitrogen and oxygen atoms in total. The highest BCUT2D eigenvalue weighted by atomic mass is 16.2. The molecule has 2 aromatic rings. The van der Waals surface area contributed by atoms with Crippen molar-refractivity contribution in [2.45, 2.75) is 26.7 Å². The molecule has 1 heterocycles. The molecule has 1 aliphatic rings. The maximum atomic E-state index is 12.2. The number of nitrogens with one attached hydrogen (secondary N) is 2. The lowest BCUT2D eigenvalue weighted by Gasteiger charge is -2.16. The van der Waals surface area contributed by atoms with Crippen LogP contribution in [0.1, 0.15) is 23.1 Å². The summed E-state index contributed by atoms with van der Waals surface area (Å²) in [7, 11) is 0. The summed E-state index contributed by atoms with van der Waals surface area (Å²) >= 11 is 0. The van der Waals surface area contributed by atoms with E-state index in [0.717, 1.165) is 50.3 Å². The minimum atomic E-state index is -0.111. The Bertz CT molecular complexity index is 729. The van der Waals surface area contributed by atoms with Gasteiger partial charge in [-0.25, -0.2) is 4.79 Å². The summed E-state index contributed by atoms with van der Waals surface area (Å²) in [6, 6.07) is 16.6. The molecule has 1 aliphatic heterocycles. The fourth-order valence-electron chi connectivity index (χ4n) is 3.57. The first kappa shape index (κ1) is 18.5. The van der Waals surface area contributed by atoms with Crippen LogP contribution in [0.3, 0.4) is 0 Å². The van der Waals surface area contributed by atoms with Crippen LogP contribution < -0.4 is 10.6 Å². The fraction of sp³-hybridized carbons (Fsp3) is 0.409. The van der Waals surface area contributed by atoms with Crippen LogP contribution in [-0.4, -0.2) is 37.1 Å². The summed E-state index contributed by atoms with van der Waals surface area (Å²) in [5, 5.41) is 5.99. The predicted octanol–water partition coefficient (Wildman–Crippen LogP) is 3.99. The van der Waals surface area contributed by atoms with Crippen LogP contribution >= 0.6 is 0 Å². The molecule has 0 unspecified atom stereocenters. The number of rotatable bonds is 6. The zero-order valence-electron chi connectivity index (χ0n) is 15.8. The maximum absolute atomic E-state index is 12.2. The molecule has 0 radical (unpaired) electrons. The van der Waals surface area contributed by atoms with Crippen LogP contribution in [0.4, 0.5) is 10.5 Å². The number of anilines is 1. The molecule has 0 aliphatic carbocycles. The van der Waals surface area contributed by atoms with Gasteiger partial charge in [0.25, 0.3) is 0 Å². The predicted molar refractivity (Wildman–Crippen MR) is 108 cm³/mol. The molecule has 1 fully saturated rings. The van der Waals surface area contributed by atoms with Gasteiger partial charge in [0.2, 0.25) is 0 Å². The Morgan fingerprint density at radius 1 is 1.15 bits per heavy atom. The van der Waals surface area contributed by atoms with Crippen molar-refractivity contribution in [1.29, 1.82) is 0 Å². The van der Waals surface area contributed by atoms with Crippen LogP contribution in [0.5, 0.6) is 0 Å². The molecule has 1 saturated heterocycles. The van der Waals surface area contributed by atoms with E-state index in [4.69, 9.17) is 0 Å². The number of amides is 2. The smallest absolute Gasteiger partial charge is 0.319 e. The number of nitrogens with zero attached hydrogens (tertiary/aromatic N) is 1. The quantitative estimate of drug-likeness (QED) is 0.826. The molecule has 0 spiro atoms. The minimum Gasteiger partial charge on any atom is -0.338 e. The highest BCUT2D eigenvalue weighted by Crippen LogP contribution is 2.17. The van der Waals surface area contributed by atoms with E-state index in [1.165, 1.54) is 11.1 Å². The van der Waals surface area contributed by atoms with Gasteiger partial charge in [-0.2, -0.15) is 0 Å². The molecular weight excluding hydrogens is 322 g/mol. The summed E-state index contributed by atoms with van der Waals surface area (Å²) in [6.45, 7) is 8.09. The van der Waals surface area contributed by atoms with Gasteiger partial charge in [0.1, 0.15) is 0 Å². The van der Waals surface area contributed by atoms with E-state index < -0.39 is 0 Å². The van der Waals surface area contributed by atoms with Gasteiger partial charge in [-0.3, -0.25) is 0 Å². The number of carbonyl (C=O) groups excluding carboxylic acids is 1. The summed E-state index contributed by atoms with van der Waals surface area (Å²) in [6.07, 6.45) is 2.24. The molecule has 0 saturated carbocycles. The van der Waals surface area contributed by atoms with Crippen molar-refractivity contribution < 1.29 is 4.79 Å². The molecule has 0 aromatic heterocycles. The molecular formula is C22H29N3O. The van der Waals surface area contributed by atoms with E-state index >= 15 is 0 Å². The number of likely N-dealkylation sites (tertiary alicyclic amines) is 1. The van der Waals surface area contributed by atoms with Gasteiger partial charge < -0.3 is 15.5 Å². The van der Waals surface area contributed by atoms with E-state index in [1.54, 1.807) is 0 Å². The van der Waals surface area contributed by atoms with E-state index in [2.05, 4.69) is 58.9 Å². The number of hydrogen-bond acceptors (Lipinski definition) is 2. The van der Waals surface area contributed by atoms with E-state index in [1.807, 2.05) is 19.1 Å². The van der Waals surface area contributed by atoms with Gasteiger partial charge >= 0.3 is 6.03 Å². The van der Waals surface area contributed by atoms with Crippen molar-refractivity contribution in [2.24, 2.45) is 5.92 Å². The normalized spacial score (nSPS) is 17.2. The summed E-state index contributed by atoms with van der Waals surface area (Å²) < 4.78 is 0. The fourth-order valence-corrected chi connectivity index (χ4v) is 3.57. The highest BCUT2D eigenvalue weighted by Gasteiger charge is 2.22. The molecule has 4 heteroatoms. The van der Waals surface area contributed by atoms with Gasteiger partial charge in [0, 0.05) is 25.3 Å². The monoisotopic (exact) mass is 351 g/mol. The average molecular weight is 351 g/mol. The minimum absolute atomic E-state index is 0.111. The van der Waals surface area contributed by atoms with Crippen LogP contribution in [0.15, 0.2) is 48.5 Å². The number of benzene rings is 2. The van der Waals surface area contributed by atoms with E-state index in [9.17, 15) is 4.79 Å². The Morgan fingerprint density at radius 2 is 1.96 bits per heavy atom. The third kappa shape index (κ3) is 5.33. The molecule has 26 heavy (non-hydrogen) atoms. The Hall–Kier alpha value is -2.33. The Morgan fingerprint density at radius 3 is 2.73 bits per heavy atom.